The highest BCUT2D eigenvalue weighted by Gasteiger charge is 2.06. The number of hydrogen-bond donors (Lipinski definition) is 2. The van der Waals surface area contributed by atoms with E-state index in [4.69, 9.17) is 9.46 Å². The summed E-state index contributed by atoms with van der Waals surface area (Å²) in [6.45, 7) is 0. The molecule has 0 radical (unpaired) electrons. The highest BCUT2D eigenvalue weighted by Crippen LogP contribution is 2.33. The van der Waals surface area contributed by atoms with Crippen LogP contribution in [0.5, 0.6) is 0 Å². The fraction of sp³-hybridized carbons (Fsp3) is 0. The summed E-state index contributed by atoms with van der Waals surface area (Å²) in [6.07, 6.45) is 0. The zero-order valence-electron chi connectivity index (χ0n) is 13.0. The van der Waals surface area contributed by atoms with Crippen molar-refractivity contribution in [2.45, 2.75) is 0 Å². The van der Waals surface area contributed by atoms with Gasteiger partial charge in [-0.2, -0.15) is 0 Å². The lowest BCUT2D eigenvalue weighted by Gasteiger charge is -2.10. The van der Waals surface area contributed by atoms with Crippen LogP contribution in [0.15, 0.2) is 84.9 Å². The Kier molecular flexibility index (Phi) is 4.97. The van der Waals surface area contributed by atoms with Gasteiger partial charge >= 0.3 is 8.18 Å². The minimum atomic E-state index is -2.37. The van der Waals surface area contributed by atoms with Crippen LogP contribution in [0.1, 0.15) is 0 Å². The van der Waals surface area contributed by atoms with E-state index in [0.29, 0.717) is 0 Å². The first-order valence-corrected chi connectivity index (χ1v) is 8.82. The van der Waals surface area contributed by atoms with Gasteiger partial charge in [0.1, 0.15) is 0 Å². The minimum Gasteiger partial charge on any atom is -0.144 e. The Hall–Kier alpha value is -2.58. The standard InChI is InChI=1S/C20H14.H2NO2P/c1-3-11-17-15(7-1)9-5-13-19(17)20-14-6-10-16-8-2-4-12-18(16)20;1-4(2)3/h1-14H;(H2-,1,2,3)/p+1. The lowest BCUT2D eigenvalue weighted by Crippen LogP contribution is -1.83. The van der Waals surface area contributed by atoms with Crippen LogP contribution in [0, 0.1) is 0 Å². The Balaban J connectivity index is 0.000000383. The van der Waals surface area contributed by atoms with Crippen molar-refractivity contribution < 1.29 is 9.46 Å². The van der Waals surface area contributed by atoms with Crippen molar-refractivity contribution in [2.24, 2.45) is 5.50 Å². The number of nitrogens with two attached hydrogens (primary N) is 1. The predicted molar refractivity (Wildman–Crippen MR) is 101 cm³/mol. The third kappa shape index (κ3) is 3.50. The van der Waals surface area contributed by atoms with Crippen LogP contribution >= 0.6 is 8.18 Å². The van der Waals surface area contributed by atoms with Crippen molar-refractivity contribution in [1.29, 1.82) is 0 Å². The summed E-state index contributed by atoms with van der Waals surface area (Å²) in [5, 5.41) is 5.20. The predicted octanol–water partition coefficient (Wildman–Crippen LogP) is 5.25. The van der Waals surface area contributed by atoms with Crippen LogP contribution in [0.2, 0.25) is 0 Å². The van der Waals surface area contributed by atoms with Crippen LogP contribution in [-0.4, -0.2) is 4.89 Å². The molecule has 4 aromatic carbocycles. The van der Waals surface area contributed by atoms with Crippen LogP contribution in [0.3, 0.4) is 0 Å². The molecule has 0 fully saturated rings. The quantitative estimate of drug-likeness (QED) is 0.467. The molecule has 0 aliphatic rings. The Morgan fingerprint density at radius 1 is 0.625 bits per heavy atom. The first-order chi connectivity index (χ1) is 11.7. The maximum Gasteiger partial charge on any atom is 0.607 e. The Morgan fingerprint density at radius 3 is 1.38 bits per heavy atom. The molecule has 0 aliphatic carbocycles. The van der Waals surface area contributed by atoms with Gasteiger partial charge in [-0.3, -0.25) is 0 Å². The molecule has 118 valence electrons. The molecule has 1 unspecified atom stereocenters. The molecule has 4 rings (SSSR count). The van der Waals surface area contributed by atoms with E-state index >= 15 is 0 Å². The molecule has 3 N–H and O–H groups in total. The number of hydrogen-bond acceptors (Lipinski definition) is 1. The molecular formula is C20H17NO2P+. The Bertz CT molecular complexity index is 922. The van der Waals surface area contributed by atoms with Gasteiger partial charge in [-0.05, 0) is 37.2 Å². The second kappa shape index (κ2) is 7.33. The number of benzene rings is 4. The van der Waals surface area contributed by atoms with Gasteiger partial charge in [0.2, 0.25) is 0 Å². The summed E-state index contributed by atoms with van der Waals surface area (Å²) in [7, 11) is -2.37. The normalized spacial score (nSPS) is 11.0. The summed E-state index contributed by atoms with van der Waals surface area (Å²) in [6, 6.07) is 30.2. The molecule has 0 aromatic heterocycles. The molecule has 0 heterocycles. The largest absolute Gasteiger partial charge is 0.607 e. The van der Waals surface area contributed by atoms with Crippen LogP contribution in [0.25, 0.3) is 32.7 Å². The zero-order chi connectivity index (χ0) is 16.9. The summed E-state index contributed by atoms with van der Waals surface area (Å²) in [4.78, 5) is 7.34. The van der Waals surface area contributed by atoms with Crippen LogP contribution in [-0.2, 0) is 4.57 Å². The van der Waals surface area contributed by atoms with E-state index in [1.54, 1.807) is 0 Å². The van der Waals surface area contributed by atoms with Gasteiger partial charge in [0, 0.05) is 0 Å². The topological polar surface area (TPSA) is 63.3 Å². The van der Waals surface area contributed by atoms with Gasteiger partial charge in [0.15, 0.2) is 0 Å². The molecule has 4 aromatic rings. The molecule has 0 saturated heterocycles. The van der Waals surface area contributed by atoms with E-state index < -0.39 is 8.18 Å². The molecule has 0 bridgehead atoms. The van der Waals surface area contributed by atoms with Crippen molar-refractivity contribution in [3.8, 4) is 11.1 Å². The van der Waals surface area contributed by atoms with Gasteiger partial charge in [-0.25, -0.2) is 0 Å². The fourth-order valence-electron chi connectivity index (χ4n) is 2.92. The first kappa shape index (κ1) is 16.3. The molecule has 3 nitrogen and oxygen atoms in total. The van der Waals surface area contributed by atoms with E-state index in [1.807, 2.05) is 0 Å². The lowest BCUT2D eigenvalue weighted by molar-refractivity contribution is 0.504. The van der Waals surface area contributed by atoms with Crippen molar-refractivity contribution in [2.75, 3.05) is 0 Å². The maximum absolute atomic E-state index is 8.93. The molecule has 0 spiro atoms. The van der Waals surface area contributed by atoms with Crippen LogP contribution in [0.4, 0.5) is 0 Å². The van der Waals surface area contributed by atoms with Crippen molar-refractivity contribution in [1.82, 2.24) is 0 Å². The summed E-state index contributed by atoms with van der Waals surface area (Å²) < 4.78 is 8.93. The molecule has 0 aliphatic heterocycles. The number of fused-ring (bicyclic) bond motifs is 2. The van der Waals surface area contributed by atoms with E-state index in [-0.39, 0.29) is 0 Å². The summed E-state index contributed by atoms with van der Waals surface area (Å²) in [5.74, 6) is 0. The Morgan fingerprint density at radius 2 is 0.958 bits per heavy atom. The highest BCUT2D eigenvalue weighted by atomic mass is 31.1. The van der Waals surface area contributed by atoms with Gasteiger partial charge in [-0.15, -0.1) is 4.89 Å². The highest BCUT2D eigenvalue weighted by molar-refractivity contribution is 7.35. The number of rotatable bonds is 1. The van der Waals surface area contributed by atoms with Gasteiger partial charge in [0.05, 0.1) is 0 Å². The van der Waals surface area contributed by atoms with Crippen molar-refractivity contribution in [3.63, 3.8) is 0 Å². The zero-order valence-corrected chi connectivity index (χ0v) is 13.9. The Labute approximate surface area is 141 Å². The first-order valence-electron chi connectivity index (χ1n) is 7.53. The van der Waals surface area contributed by atoms with E-state index in [9.17, 15) is 0 Å². The van der Waals surface area contributed by atoms with Crippen LogP contribution < -0.4 is 5.50 Å². The molecule has 0 amide bonds. The van der Waals surface area contributed by atoms with Gasteiger partial charge in [0.25, 0.3) is 0 Å². The molecule has 0 saturated carbocycles. The van der Waals surface area contributed by atoms with Crippen molar-refractivity contribution in [3.05, 3.63) is 84.9 Å². The monoisotopic (exact) mass is 334 g/mol. The average molecular weight is 334 g/mol. The molecule has 24 heavy (non-hydrogen) atoms. The fourth-order valence-corrected chi connectivity index (χ4v) is 2.92. The minimum absolute atomic E-state index is 1.29. The molecule has 4 heteroatoms. The average Bonchev–Trinajstić information content (AvgIpc) is 2.60. The van der Waals surface area contributed by atoms with E-state index in [2.05, 4.69) is 90.4 Å². The lowest BCUT2D eigenvalue weighted by atomic mass is 9.94. The van der Waals surface area contributed by atoms with Crippen molar-refractivity contribution >= 4 is 29.7 Å². The maximum atomic E-state index is 8.93. The third-order valence-corrected chi connectivity index (χ3v) is 3.87. The smallest absolute Gasteiger partial charge is 0.144 e. The summed E-state index contributed by atoms with van der Waals surface area (Å²) >= 11 is 0. The van der Waals surface area contributed by atoms with Gasteiger partial charge in [-0.1, -0.05) is 90.4 Å². The second-order valence-electron chi connectivity index (χ2n) is 5.36. The van der Waals surface area contributed by atoms with E-state index in [1.165, 1.54) is 32.7 Å². The molecular weight excluding hydrogens is 317 g/mol. The van der Waals surface area contributed by atoms with Gasteiger partial charge < -0.3 is 0 Å². The third-order valence-electron chi connectivity index (χ3n) is 3.87. The van der Waals surface area contributed by atoms with E-state index in [0.717, 1.165) is 0 Å². The molecule has 1 atom stereocenters. The summed E-state index contributed by atoms with van der Waals surface area (Å²) in [5.41, 5.74) is 6.79. The SMILES string of the molecule is N[P+](=O)O.c1ccc2c(-c3cccc4ccccc34)cccc2c1. The second-order valence-corrected chi connectivity index (χ2v) is 5.96.